The van der Waals surface area contributed by atoms with Crippen molar-refractivity contribution in [1.82, 2.24) is 10.2 Å². The normalized spacial score (nSPS) is 12.0. The number of halogens is 2. The molecule has 4 aromatic rings. The van der Waals surface area contributed by atoms with Gasteiger partial charge in [0.25, 0.3) is 10.0 Å². The van der Waals surface area contributed by atoms with Crippen LogP contribution in [0.1, 0.15) is 25.0 Å². The fourth-order valence-corrected chi connectivity index (χ4v) is 6.56. The number of para-hydroxylation sites is 1. The van der Waals surface area contributed by atoms with Crippen LogP contribution >= 0.6 is 23.2 Å². The molecule has 1 unspecified atom stereocenters. The third kappa shape index (κ3) is 8.62. The molecule has 0 radical (unpaired) electrons. The summed E-state index contributed by atoms with van der Waals surface area (Å²) in [7, 11) is -4.15. The minimum Gasteiger partial charge on any atom is -0.354 e. The van der Waals surface area contributed by atoms with E-state index in [0.29, 0.717) is 27.8 Å². The second-order valence-corrected chi connectivity index (χ2v) is 13.5. The molecular weight excluding hydrogens is 617 g/mol. The van der Waals surface area contributed by atoms with E-state index in [9.17, 15) is 18.0 Å². The van der Waals surface area contributed by atoms with Gasteiger partial charge in [-0.2, -0.15) is 0 Å². The summed E-state index contributed by atoms with van der Waals surface area (Å²) in [5.41, 5.74) is 1.73. The van der Waals surface area contributed by atoms with Crippen LogP contribution in [0.5, 0.6) is 0 Å². The highest BCUT2D eigenvalue weighted by molar-refractivity contribution is 7.92. The Morgan fingerprint density at radius 3 is 2.00 bits per heavy atom. The van der Waals surface area contributed by atoms with E-state index in [4.69, 9.17) is 23.2 Å². The molecule has 10 heteroatoms. The lowest BCUT2D eigenvalue weighted by Crippen LogP contribution is -2.53. The summed E-state index contributed by atoms with van der Waals surface area (Å²) in [5, 5.41) is 3.72. The van der Waals surface area contributed by atoms with Crippen molar-refractivity contribution < 1.29 is 18.0 Å². The Balaban J connectivity index is 1.79. The van der Waals surface area contributed by atoms with Crippen molar-refractivity contribution in [3.8, 4) is 0 Å². The van der Waals surface area contributed by atoms with Crippen molar-refractivity contribution in [2.24, 2.45) is 5.92 Å². The zero-order chi connectivity index (χ0) is 31.7. The Hall–Kier alpha value is -3.85. The molecule has 0 heterocycles. The standard InChI is InChI=1S/C34H35Cl2N3O4S/c1-25(2)22-37-34(41)32(20-26-12-6-3-7-13-26)38(23-27-18-19-28(35)21-31(27)36)33(40)24-39(29-14-8-4-9-15-29)44(42,43)30-16-10-5-11-17-30/h3-19,21,25,32H,20,22-24H2,1-2H3,(H,37,41). The quantitative estimate of drug-likeness (QED) is 0.176. The predicted molar refractivity (Wildman–Crippen MR) is 176 cm³/mol. The highest BCUT2D eigenvalue weighted by atomic mass is 35.5. The van der Waals surface area contributed by atoms with Gasteiger partial charge in [0, 0.05) is 29.6 Å². The van der Waals surface area contributed by atoms with Crippen molar-refractivity contribution in [3.05, 3.63) is 130 Å². The zero-order valence-corrected chi connectivity index (χ0v) is 26.9. The van der Waals surface area contributed by atoms with Gasteiger partial charge in [-0.25, -0.2) is 8.42 Å². The van der Waals surface area contributed by atoms with Gasteiger partial charge in [-0.1, -0.05) is 110 Å². The van der Waals surface area contributed by atoms with Gasteiger partial charge in [0.2, 0.25) is 11.8 Å². The summed E-state index contributed by atoms with van der Waals surface area (Å²) >= 11 is 12.7. The molecule has 7 nitrogen and oxygen atoms in total. The van der Waals surface area contributed by atoms with E-state index in [2.05, 4.69) is 5.32 Å². The Morgan fingerprint density at radius 2 is 1.41 bits per heavy atom. The molecule has 44 heavy (non-hydrogen) atoms. The molecule has 1 N–H and O–H groups in total. The van der Waals surface area contributed by atoms with Crippen LogP contribution in [0.4, 0.5) is 5.69 Å². The lowest BCUT2D eigenvalue weighted by molar-refractivity contribution is -0.140. The van der Waals surface area contributed by atoms with E-state index in [0.717, 1.165) is 9.87 Å². The molecule has 2 amide bonds. The number of nitrogens with zero attached hydrogens (tertiary/aromatic N) is 2. The molecule has 0 spiro atoms. The first-order chi connectivity index (χ1) is 21.1. The maximum Gasteiger partial charge on any atom is 0.264 e. The third-order valence-electron chi connectivity index (χ3n) is 6.97. The summed E-state index contributed by atoms with van der Waals surface area (Å²) in [6, 6.07) is 29.7. The zero-order valence-electron chi connectivity index (χ0n) is 24.6. The highest BCUT2D eigenvalue weighted by Crippen LogP contribution is 2.27. The molecule has 0 aromatic heterocycles. The highest BCUT2D eigenvalue weighted by Gasteiger charge is 2.34. The van der Waals surface area contributed by atoms with E-state index in [-0.39, 0.29) is 29.7 Å². The Bertz CT molecular complexity index is 1650. The lowest BCUT2D eigenvalue weighted by atomic mass is 10.0. The summed E-state index contributed by atoms with van der Waals surface area (Å²) in [4.78, 5) is 29.7. The number of carbonyl (C=O) groups is 2. The van der Waals surface area contributed by atoms with Gasteiger partial charge in [-0.15, -0.1) is 0 Å². The number of rotatable bonds is 13. The second-order valence-electron chi connectivity index (χ2n) is 10.8. The maximum atomic E-state index is 14.4. The van der Waals surface area contributed by atoms with Crippen molar-refractivity contribution in [1.29, 1.82) is 0 Å². The van der Waals surface area contributed by atoms with Gasteiger partial charge in [0.1, 0.15) is 12.6 Å². The average molecular weight is 653 g/mol. The molecule has 4 rings (SSSR count). The van der Waals surface area contributed by atoms with E-state index in [1.165, 1.54) is 17.0 Å². The Kier molecular flexibility index (Phi) is 11.4. The first-order valence-electron chi connectivity index (χ1n) is 14.2. The number of amides is 2. The van der Waals surface area contributed by atoms with E-state index >= 15 is 0 Å². The number of anilines is 1. The Labute approximate surface area is 269 Å². The van der Waals surface area contributed by atoms with E-state index < -0.39 is 28.5 Å². The van der Waals surface area contributed by atoms with Crippen LogP contribution in [0.25, 0.3) is 0 Å². The molecule has 4 aromatic carbocycles. The monoisotopic (exact) mass is 651 g/mol. The van der Waals surface area contributed by atoms with Crippen LogP contribution in [-0.2, 0) is 32.6 Å². The number of benzene rings is 4. The minimum atomic E-state index is -4.15. The smallest absolute Gasteiger partial charge is 0.264 e. The SMILES string of the molecule is CC(C)CNC(=O)C(Cc1ccccc1)N(Cc1ccc(Cl)cc1Cl)C(=O)CN(c1ccccc1)S(=O)(=O)c1ccccc1. The van der Waals surface area contributed by atoms with E-state index in [1.807, 2.05) is 44.2 Å². The third-order valence-corrected chi connectivity index (χ3v) is 9.34. The van der Waals surface area contributed by atoms with Gasteiger partial charge < -0.3 is 10.2 Å². The van der Waals surface area contributed by atoms with Crippen LogP contribution in [0, 0.1) is 5.92 Å². The predicted octanol–water partition coefficient (Wildman–Crippen LogP) is 6.60. The van der Waals surface area contributed by atoms with Crippen LogP contribution in [0.3, 0.4) is 0 Å². The number of hydrogen-bond acceptors (Lipinski definition) is 4. The lowest BCUT2D eigenvalue weighted by Gasteiger charge is -2.34. The maximum absolute atomic E-state index is 14.4. The molecule has 0 aliphatic heterocycles. The molecule has 0 fully saturated rings. The van der Waals surface area contributed by atoms with Crippen LogP contribution in [-0.4, -0.2) is 44.3 Å². The summed E-state index contributed by atoms with van der Waals surface area (Å²) in [5.74, 6) is -0.742. The van der Waals surface area contributed by atoms with Crippen molar-refractivity contribution in [3.63, 3.8) is 0 Å². The number of sulfonamides is 1. The van der Waals surface area contributed by atoms with Gasteiger partial charge in [0.05, 0.1) is 10.6 Å². The molecule has 0 aliphatic rings. The molecular formula is C34H35Cl2N3O4S. The van der Waals surface area contributed by atoms with Gasteiger partial charge in [-0.05, 0) is 53.4 Å². The Morgan fingerprint density at radius 1 is 0.818 bits per heavy atom. The molecule has 0 bridgehead atoms. The van der Waals surface area contributed by atoms with Crippen molar-refractivity contribution in [2.75, 3.05) is 17.4 Å². The number of hydrogen-bond donors (Lipinski definition) is 1. The fraction of sp³-hybridized carbons (Fsp3) is 0.235. The molecule has 0 saturated heterocycles. The van der Waals surface area contributed by atoms with Gasteiger partial charge in [-0.3, -0.25) is 13.9 Å². The topological polar surface area (TPSA) is 86.8 Å². The van der Waals surface area contributed by atoms with Gasteiger partial charge in [0.15, 0.2) is 0 Å². The van der Waals surface area contributed by atoms with Crippen molar-refractivity contribution in [2.45, 2.75) is 37.8 Å². The van der Waals surface area contributed by atoms with Gasteiger partial charge >= 0.3 is 0 Å². The fourth-order valence-electron chi connectivity index (χ4n) is 4.65. The summed E-state index contributed by atoms with van der Waals surface area (Å²) < 4.78 is 29.0. The summed E-state index contributed by atoms with van der Waals surface area (Å²) in [6.07, 6.45) is 0.207. The molecule has 0 saturated carbocycles. The molecule has 1 atom stereocenters. The van der Waals surface area contributed by atoms with Crippen LogP contribution in [0.2, 0.25) is 10.0 Å². The second kappa shape index (κ2) is 15.2. The first kappa shape index (κ1) is 33.1. The van der Waals surface area contributed by atoms with Crippen LogP contribution < -0.4 is 9.62 Å². The van der Waals surface area contributed by atoms with Crippen LogP contribution in [0.15, 0.2) is 114 Å². The largest absolute Gasteiger partial charge is 0.354 e. The molecule has 230 valence electrons. The number of carbonyl (C=O) groups excluding carboxylic acids is 2. The minimum absolute atomic E-state index is 0.0412. The summed E-state index contributed by atoms with van der Waals surface area (Å²) in [6.45, 7) is 3.78. The molecule has 0 aliphatic carbocycles. The van der Waals surface area contributed by atoms with E-state index in [1.54, 1.807) is 66.7 Å². The number of nitrogens with one attached hydrogen (secondary N) is 1. The average Bonchev–Trinajstić information content (AvgIpc) is 3.02. The van der Waals surface area contributed by atoms with Crippen molar-refractivity contribution >= 4 is 50.7 Å². The first-order valence-corrected chi connectivity index (χ1v) is 16.4.